The van der Waals surface area contributed by atoms with E-state index in [2.05, 4.69) is 0 Å². The number of nitro groups is 1. The summed E-state index contributed by atoms with van der Waals surface area (Å²) in [7, 11) is -2.31. The van der Waals surface area contributed by atoms with Gasteiger partial charge in [-0.05, 0) is 12.1 Å². The number of sulfonamides is 1. The number of aromatic nitrogens is 1. The molecule has 32 heavy (non-hydrogen) atoms. The van der Waals surface area contributed by atoms with E-state index >= 15 is 0 Å². The number of hydrogen-bond acceptors (Lipinski definition) is 6. The summed E-state index contributed by atoms with van der Waals surface area (Å²) in [6.07, 6.45) is 0. The van der Waals surface area contributed by atoms with Crippen LogP contribution >= 0.6 is 0 Å². The van der Waals surface area contributed by atoms with Crippen LogP contribution in [0.4, 0.5) is 5.69 Å². The van der Waals surface area contributed by atoms with Crippen LogP contribution < -0.4 is 5.56 Å². The fourth-order valence-corrected chi connectivity index (χ4v) is 5.26. The van der Waals surface area contributed by atoms with Gasteiger partial charge in [-0.15, -0.1) is 0 Å². The molecule has 0 spiro atoms. The second-order valence-corrected chi connectivity index (χ2v) is 9.36. The molecule has 1 aromatic heterocycles. The third-order valence-electron chi connectivity index (χ3n) is 5.58. The number of aryl methyl sites for hydroxylation is 1. The van der Waals surface area contributed by atoms with Crippen LogP contribution in [0.25, 0.3) is 10.9 Å². The van der Waals surface area contributed by atoms with E-state index in [-0.39, 0.29) is 53.8 Å². The maximum atomic E-state index is 13.2. The highest BCUT2D eigenvalue weighted by Gasteiger charge is 2.31. The summed E-state index contributed by atoms with van der Waals surface area (Å²) >= 11 is 0. The van der Waals surface area contributed by atoms with Gasteiger partial charge < -0.3 is 9.47 Å². The molecule has 11 heteroatoms. The Hall–Kier alpha value is -3.57. The molecule has 0 radical (unpaired) electrons. The van der Waals surface area contributed by atoms with Crippen LogP contribution in [0.5, 0.6) is 0 Å². The number of hydrogen-bond donors (Lipinski definition) is 0. The van der Waals surface area contributed by atoms with Crippen molar-refractivity contribution in [3.63, 3.8) is 0 Å². The van der Waals surface area contributed by atoms with Crippen molar-refractivity contribution in [1.29, 1.82) is 0 Å². The number of non-ortho nitro benzene ring substituents is 1. The zero-order valence-corrected chi connectivity index (χ0v) is 18.0. The topological polar surface area (TPSA) is 123 Å². The van der Waals surface area contributed by atoms with E-state index in [9.17, 15) is 28.1 Å². The van der Waals surface area contributed by atoms with E-state index in [1.54, 1.807) is 31.3 Å². The molecule has 1 amide bonds. The van der Waals surface area contributed by atoms with Gasteiger partial charge in [0.1, 0.15) is 0 Å². The smallest absolute Gasteiger partial charge is 0.270 e. The number of rotatable bonds is 4. The molecule has 0 atom stereocenters. The summed E-state index contributed by atoms with van der Waals surface area (Å²) < 4.78 is 28.5. The zero-order chi connectivity index (χ0) is 23.0. The summed E-state index contributed by atoms with van der Waals surface area (Å²) in [5.41, 5.74) is 0.297. The number of carbonyl (C=O) groups excluding carboxylic acids is 1. The Morgan fingerprint density at radius 2 is 1.69 bits per heavy atom. The van der Waals surface area contributed by atoms with Crippen LogP contribution in [-0.2, 0) is 17.1 Å². The number of nitro benzene ring substituents is 1. The van der Waals surface area contributed by atoms with E-state index in [1.807, 2.05) is 0 Å². The number of piperazine rings is 1. The Morgan fingerprint density at radius 3 is 2.38 bits per heavy atom. The summed E-state index contributed by atoms with van der Waals surface area (Å²) in [6, 6.07) is 13.3. The molecular weight excluding hydrogens is 436 g/mol. The zero-order valence-electron chi connectivity index (χ0n) is 17.2. The van der Waals surface area contributed by atoms with Crippen LogP contribution in [0.1, 0.15) is 10.4 Å². The first-order valence-electron chi connectivity index (χ1n) is 9.83. The third-order valence-corrected chi connectivity index (χ3v) is 7.47. The van der Waals surface area contributed by atoms with Gasteiger partial charge in [-0.2, -0.15) is 4.31 Å². The van der Waals surface area contributed by atoms with E-state index in [0.717, 1.165) is 6.07 Å². The van der Waals surface area contributed by atoms with Gasteiger partial charge in [-0.1, -0.05) is 24.3 Å². The lowest BCUT2D eigenvalue weighted by Gasteiger charge is -2.34. The standard InChI is InChI=1S/C21H20N4O6S/c1-22-19-8-3-2-7-17(19)18(14-20(22)26)21(27)23-9-11-24(12-10-23)32(30,31)16-6-4-5-15(13-16)25(28)29/h2-8,13-14H,9-12H2,1H3. The first kappa shape index (κ1) is 21.7. The Bertz CT molecular complexity index is 1390. The highest BCUT2D eigenvalue weighted by atomic mass is 32.2. The van der Waals surface area contributed by atoms with Crippen molar-refractivity contribution >= 4 is 32.5 Å². The number of benzene rings is 2. The summed E-state index contributed by atoms with van der Waals surface area (Å²) in [5, 5.41) is 11.6. The van der Waals surface area contributed by atoms with Gasteiger partial charge in [0.25, 0.3) is 17.2 Å². The molecule has 10 nitrogen and oxygen atoms in total. The van der Waals surface area contributed by atoms with E-state index in [1.165, 1.54) is 38.0 Å². The SMILES string of the molecule is Cn1c(=O)cc(C(=O)N2CCN(S(=O)(=O)c3cccc([N+](=O)[O-])c3)CC2)c2ccccc21. The van der Waals surface area contributed by atoms with Crippen LogP contribution in [0.15, 0.2) is 64.3 Å². The van der Waals surface area contributed by atoms with Gasteiger partial charge in [-0.3, -0.25) is 19.7 Å². The molecule has 0 N–H and O–H groups in total. The number of carbonyl (C=O) groups is 1. The van der Waals surface area contributed by atoms with Crippen molar-refractivity contribution in [3.05, 3.63) is 80.6 Å². The Labute approximate surface area is 183 Å². The Balaban J connectivity index is 1.56. The monoisotopic (exact) mass is 456 g/mol. The van der Waals surface area contributed by atoms with Gasteiger partial charge in [0, 0.05) is 56.8 Å². The Kier molecular flexibility index (Phi) is 5.53. The van der Waals surface area contributed by atoms with Gasteiger partial charge in [-0.25, -0.2) is 8.42 Å². The normalized spacial score (nSPS) is 15.1. The summed E-state index contributed by atoms with van der Waals surface area (Å²) in [4.78, 5) is 37.2. The fourth-order valence-electron chi connectivity index (χ4n) is 3.80. The van der Waals surface area contributed by atoms with E-state index in [4.69, 9.17) is 0 Å². The maximum absolute atomic E-state index is 13.2. The molecule has 0 aliphatic carbocycles. The van der Waals surface area contributed by atoms with Crippen LogP contribution in [-0.4, -0.2) is 59.2 Å². The molecule has 1 aliphatic rings. The largest absolute Gasteiger partial charge is 0.336 e. The van der Waals surface area contributed by atoms with Crippen molar-refractivity contribution in [2.45, 2.75) is 4.90 Å². The summed E-state index contributed by atoms with van der Waals surface area (Å²) in [6.45, 7) is 0.353. The molecule has 3 aromatic rings. The first-order valence-corrected chi connectivity index (χ1v) is 11.3. The molecule has 4 rings (SSSR count). The molecule has 0 bridgehead atoms. The second kappa shape index (κ2) is 8.17. The van der Waals surface area contributed by atoms with Crippen molar-refractivity contribution < 1.29 is 18.1 Å². The fraction of sp³-hybridized carbons (Fsp3) is 0.238. The van der Waals surface area contributed by atoms with Crippen LogP contribution in [0, 0.1) is 10.1 Å². The molecular formula is C21H20N4O6S. The van der Waals surface area contributed by atoms with E-state index in [0.29, 0.717) is 10.9 Å². The molecule has 1 aliphatic heterocycles. The lowest BCUT2D eigenvalue weighted by Crippen LogP contribution is -2.50. The lowest BCUT2D eigenvalue weighted by molar-refractivity contribution is -0.385. The number of amides is 1. The second-order valence-electron chi connectivity index (χ2n) is 7.42. The van der Waals surface area contributed by atoms with E-state index < -0.39 is 14.9 Å². The lowest BCUT2D eigenvalue weighted by atomic mass is 10.1. The number of para-hydroxylation sites is 1. The molecule has 2 aromatic carbocycles. The molecule has 0 unspecified atom stereocenters. The molecule has 166 valence electrons. The van der Waals surface area contributed by atoms with Crippen molar-refractivity contribution in [2.75, 3.05) is 26.2 Å². The van der Waals surface area contributed by atoms with Crippen LogP contribution in [0.2, 0.25) is 0 Å². The van der Waals surface area contributed by atoms with Gasteiger partial charge in [0.15, 0.2) is 0 Å². The molecule has 1 saturated heterocycles. The average molecular weight is 456 g/mol. The molecule has 1 fully saturated rings. The predicted octanol–water partition coefficient (Wildman–Crippen LogP) is 1.59. The predicted molar refractivity (Wildman–Crippen MR) is 117 cm³/mol. The van der Waals surface area contributed by atoms with Crippen molar-refractivity contribution in [3.8, 4) is 0 Å². The molecule has 2 heterocycles. The minimum Gasteiger partial charge on any atom is -0.336 e. The Morgan fingerprint density at radius 1 is 1.00 bits per heavy atom. The third kappa shape index (κ3) is 3.76. The first-order chi connectivity index (χ1) is 15.2. The highest BCUT2D eigenvalue weighted by Crippen LogP contribution is 2.23. The number of fused-ring (bicyclic) bond motifs is 1. The molecule has 0 saturated carbocycles. The maximum Gasteiger partial charge on any atom is 0.270 e. The number of pyridine rings is 1. The van der Waals surface area contributed by atoms with Crippen molar-refractivity contribution in [1.82, 2.24) is 13.8 Å². The van der Waals surface area contributed by atoms with Gasteiger partial charge in [0.2, 0.25) is 10.0 Å². The average Bonchev–Trinajstić information content (AvgIpc) is 2.81. The quantitative estimate of drug-likeness (QED) is 0.434. The van der Waals surface area contributed by atoms with Gasteiger partial charge in [0.05, 0.1) is 20.9 Å². The summed E-state index contributed by atoms with van der Waals surface area (Å²) in [5.74, 6) is -0.341. The minimum absolute atomic E-state index is 0.0412. The van der Waals surface area contributed by atoms with Crippen LogP contribution in [0.3, 0.4) is 0 Å². The highest BCUT2D eigenvalue weighted by molar-refractivity contribution is 7.89. The number of nitrogens with zero attached hydrogens (tertiary/aromatic N) is 4. The van der Waals surface area contributed by atoms with Crippen molar-refractivity contribution in [2.24, 2.45) is 7.05 Å². The minimum atomic E-state index is -3.94. The van der Waals surface area contributed by atoms with Gasteiger partial charge >= 0.3 is 0 Å².